The van der Waals surface area contributed by atoms with E-state index in [1.807, 2.05) is 56.3 Å². The van der Waals surface area contributed by atoms with Gasteiger partial charge in [-0.1, -0.05) is 0 Å². The molecule has 0 unspecified atom stereocenters. The average molecular weight is 829 g/mol. The molecule has 3 aromatic rings. The third-order valence-electron chi connectivity index (χ3n) is 4.73. The van der Waals surface area contributed by atoms with Crippen molar-refractivity contribution in [2.45, 2.75) is 19.4 Å². The van der Waals surface area contributed by atoms with Gasteiger partial charge in [0.05, 0.1) is 0 Å². The molecular weight excluding hydrogens is 810 g/mol. The van der Waals surface area contributed by atoms with Gasteiger partial charge in [0, 0.05) is 0 Å². The summed E-state index contributed by atoms with van der Waals surface area (Å²) in [5.74, 6) is -0.769. The van der Waals surface area contributed by atoms with Crippen LogP contribution in [0.4, 0.5) is 5.72 Å². The van der Waals surface area contributed by atoms with E-state index in [0.717, 1.165) is 12.7 Å². The van der Waals surface area contributed by atoms with Crippen molar-refractivity contribution in [1.82, 2.24) is 0 Å². The van der Waals surface area contributed by atoms with Gasteiger partial charge in [0.25, 0.3) is 0 Å². The Bertz CT molecular complexity index is 1180. The third-order valence-corrected chi connectivity index (χ3v) is 14.8. The molecule has 3 heterocycles. The van der Waals surface area contributed by atoms with Gasteiger partial charge in [0.2, 0.25) is 0 Å². The number of halogens is 6. The Morgan fingerprint density at radius 2 is 1.21 bits per heavy atom. The zero-order valence-corrected chi connectivity index (χ0v) is 25.0. The Balaban J connectivity index is 0.000000121. The van der Waals surface area contributed by atoms with Crippen molar-refractivity contribution in [2.24, 2.45) is 0 Å². The molecule has 11 heteroatoms. The van der Waals surface area contributed by atoms with Gasteiger partial charge < -0.3 is 0 Å². The number of carbonyl (C=O) groups excluding carboxylic acids is 2. The molecule has 0 saturated carbocycles. The van der Waals surface area contributed by atoms with Crippen LogP contribution in [0.2, 0.25) is 0 Å². The van der Waals surface area contributed by atoms with E-state index < -0.39 is 72.3 Å². The molecule has 0 fully saturated rings. The quantitative estimate of drug-likeness (QED) is 0.214. The fourth-order valence-corrected chi connectivity index (χ4v) is 11.9. The molecule has 3 aromatic carbocycles. The van der Waals surface area contributed by atoms with Gasteiger partial charge in [-0.3, -0.25) is 0 Å². The number of hydrogen-bond donors (Lipinski definition) is 0. The number of rotatable bonds is 0. The fraction of sp³-hybridized carbons (Fsp3) is 0.130. The molecule has 0 aliphatic carbocycles. The van der Waals surface area contributed by atoms with Crippen molar-refractivity contribution < 1.29 is 24.5 Å². The summed E-state index contributed by atoms with van der Waals surface area (Å²) >= 11 is -7.81. The molecule has 0 radical (unpaired) electrons. The summed E-state index contributed by atoms with van der Waals surface area (Å²) in [4.78, 5) is 21.9. The molecule has 3 aliphatic heterocycles. The first-order valence-corrected chi connectivity index (χ1v) is 20.0. The Morgan fingerprint density at radius 3 is 1.79 bits per heavy atom. The van der Waals surface area contributed by atoms with Gasteiger partial charge in [0.1, 0.15) is 0 Å². The molecule has 0 aromatic heterocycles. The molecule has 0 atom stereocenters. The molecule has 0 spiro atoms. The fourth-order valence-electron chi connectivity index (χ4n) is 3.13. The van der Waals surface area contributed by atoms with Crippen LogP contribution in [0.25, 0.3) is 0 Å². The van der Waals surface area contributed by atoms with Crippen LogP contribution in [-0.2, 0) is 14.8 Å². The average Bonchev–Trinajstić information content (AvgIpc) is 3.38. The zero-order chi connectivity index (χ0) is 24.5. The Morgan fingerprint density at radius 1 is 0.706 bits per heavy atom. The van der Waals surface area contributed by atoms with Crippen molar-refractivity contribution in [1.29, 1.82) is 0 Å². The van der Waals surface area contributed by atoms with Crippen molar-refractivity contribution in [3.05, 3.63) is 100 Å². The summed E-state index contributed by atoms with van der Waals surface area (Å²) < 4.78 is 43.2. The molecule has 34 heavy (non-hydrogen) atoms. The topological polar surface area (TPSA) is 61.8 Å². The molecule has 0 amide bonds. The number of benzene rings is 3. The van der Waals surface area contributed by atoms with E-state index in [4.69, 9.17) is 15.0 Å². The van der Waals surface area contributed by atoms with E-state index in [2.05, 4.69) is 3.07 Å². The standard InChI is InChI=1S/C9H10FIO.C7H4ClIO2.C7H4FIO2/c1-9(2)7-5-3-4-6-8(7)11(10)12-9;2*8-9-6-4-2-1-3-5(6)7(10)11-9/h3-6H,1-2H3;2*1-4H. The zero-order valence-electron chi connectivity index (χ0n) is 17.7. The summed E-state index contributed by atoms with van der Waals surface area (Å²) in [6.07, 6.45) is 0. The number of carbonyl (C=O) groups is 2. The van der Waals surface area contributed by atoms with Crippen LogP contribution in [-0.4, -0.2) is 11.9 Å². The van der Waals surface area contributed by atoms with Gasteiger partial charge in [-0.05, 0) is 0 Å². The van der Waals surface area contributed by atoms with E-state index >= 15 is 0 Å². The normalized spacial score (nSPS) is 19.5. The first-order valence-electron chi connectivity index (χ1n) is 9.71. The molecule has 5 nitrogen and oxygen atoms in total. The van der Waals surface area contributed by atoms with Gasteiger partial charge in [-0.25, -0.2) is 0 Å². The van der Waals surface area contributed by atoms with Crippen LogP contribution in [0.5, 0.6) is 0 Å². The van der Waals surface area contributed by atoms with Crippen LogP contribution in [0.1, 0.15) is 40.1 Å². The molecule has 182 valence electrons. The first kappa shape index (κ1) is 26.0. The number of fused-ring (bicyclic) bond motifs is 3. The second-order valence-electron chi connectivity index (χ2n) is 7.38. The van der Waals surface area contributed by atoms with E-state index in [1.165, 1.54) is 0 Å². The first-order chi connectivity index (χ1) is 16.2. The second kappa shape index (κ2) is 10.9. The molecule has 0 bridgehead atoms. The summed E-state index contributed by atoms with van der Waals surface area (Å²) in [5, 5.41) is 0. The Hall–Kier alpha value is -1.10. The minimum atomic E-state index is -3.02. The molecule has 3 aliphatic rings. The Labute approximate surface area is 223 Å². The predicted octanol–water partition coefficient (Wildman–Crippen LogP) is 8.36. The Kier molecular flexibility index (Phi) is 8.32. The van der Waals surface area contributed by atoms with Crippen molar-refractivity contribution >= 4 is 81.6 Å². The molecule has 0 N–H and O–H groups in total. The number of hydrogen-bond acceptors (Lipinski definition) is 5. The van der Waals surface area contributed by atoms with Crippen LogP contribution >= 0.6 is 69.6 Å². The van der Waals surface area contributed by atoms with Crippen LogP contribution < -0.4 is 0 Å². The van der Waals surface area contributed by atoms with E-state index in [-0.39, 0.29) is 5.97 Å². The van der Waals surface area contributed by atoms with Crippen molar-refractivity contribution in [3.8, 4) is 0 Å². The maximum atomic E-state index is 13.3. The SMILES string of the molecule is CC1(C)OI(F)c2ccccc21.O=C1OI(Cl)c2ccccc21.O=C1OI(F)c2ccccc21. The van der Waals surface area contributed by atoms with Gasteiger partial charge >= 0.3 is 226 Å². The maximum absolute atomic E-state index is 13.3. The summed E-state index contributed by atoms with van der Waals surface area (Å²) in [6.45, 7) is 3.84. The van der Waals surface area contributed by atoms with Gasteiger partial charge in [0.15, 0.2) is 0 Å². The molecular formula is C23H18ClF2I3O5. The van der Waals surface area contributed by atoms with E-state index in [9.17, 15) is 15.3 Å². The molecule has 0 saturated heterocycles. The molecule has 6 rings (SSSR count). The third kappa shape index (κ3) is 5.50. The summed E-state index contributed by atoms with van der Waals surface area (Å²) in [5.41, 5.74) is 1.67. The summed E-state index contributed by atoms with van der Waals surface area (Å²) in [6, 6.07) is 21.5. The van der Waals surface area contributed by atoms with Gasteiger partial charge in [-0.2, -0.15) is 0 Å². The van der Waals surface area contributed by atoms with Crippen molar-refractivity contribution in [2.75, 3.05) is 0 Å². The van der Waals surface area contributed by atoms with Crippen LogP contribution in [0.3, 0.4) is 0 Å². The van der Waals surface area contributed by atoms with Crippen LogP contribution in [0, 0.1) is 10.7 Å². The predicted molar refractivity (Wildman–Crippen MR) is 150 cm³/mol. The van der Waals surface area contributed by atoms with Gasteiger partial charge in [-0.15, -0.1) is 0 Å². The van der Waals surface area contributed by atoms with Crippen LogP contribution in [0.15, 0.2) is 72.8 Å². The monoisotopic (exact) mass is 828 g/mol. The summed E-state index contributed by atoms with van der Waals surface area (Å²) in [7, 11) is 5.85. The van der Waals surface area contributed by atoms with E-state index in [1.54, 1.807) is 30.3 Å². The minimum absolute atomic E-state index is 0.263. The van der Waals surface area contributed by atoms with E-state index in [0.29, 0.717) is 14.7 Å². The second-order valence-corrected chi connectivity index (χ2v) is 17.5. The van der Waals surface area contributed by atoms with Crippen molar-refractivity contribution in [3.63, 3.8) is 0 Å².